The van der Waals surface area contributed by atoms with Gasteiger partial charge in [0.15, 0.2) is 5.16 Å². The highest BCUT2D eigenvalue weighted by molar-refractivity contribution is 7.99. The molecular formula is C25H32ClN3OS. The average molecular weight is 458 g/mol. The van der Waals surface area contributed by atoms with Gasteiger partial charge in [-0.25, -0.2) is 4.98 Å². The van der Waals surface area contributed by atoms with Crippen molar-refractivity contribution in [2.75, 3.05) is 12.3 Å². The van der Waals surface area contributed by atoms with Crippen LogP contribution >= 0.6 is 23.4 Å². The summed E-state index contributed by atoms with van der Waals surface area (Å²) < 4.78 is 2.29. The Hall–Kier alpha value is -1.72. The zero-order valence-electron chi connectivity index (χ0n) is 18.4. The fraction of sp³-hybridized carbons (Fsp3) is 0.520. The molecule has 1 unspecified atom stereocenters. The van der Waals surface area contributed by atoms with E-state index in [4.69, 9.17) is 16.6 Å². The molecule has 2 aliphatic rings. The van der Waals surface area contributed by atoms with Crippen LogP contribution in [0.15, 0.2) is 47.3 Å². The molecule has 1 aromatic heterocycles. The molecule has 4 rings (SSSR count). The number of piperidine rings is 1. The van der Waals surface area contributed by atoms with Crippen LogP contribution < -0.4 is 0 Å². The molecule has 2 aromatic rings. The Bertz CT molecular complexity index is 921. The number of rotatable bonds is 7. The number of nitrogens with zero attached hydrogens (tertiary/aromatic N) is 3. The van der Waals surface area contributed by atoms with Gasteiger partial charge in [-0.3, -0.25) is 4.79 Å². The molecular weight excluding hydrogens is 426 g/mol. The van der Waals surface area contributed by atoms with Crippen LogP contribution in [0.3, 0.4) is 0 Å². The van der Waals surface area contributed by atoms with E-state index in [1.54, 1.807) is 17.3 Å². The van der Waals surface area contributed by atoms with Crippen LogP contribution in [-0.2, 0) is 11.3 Å². The number of carbonyl (C=O) groups is 1. The predicted molar refractivity (Wildman–Crippen MR) is 130 cm³/mol. The summed E-state index contributed by atoms with van der Waals surface area (Å²) in [5, 5.41) is 1.66. The minimum absolute atomic E-state index is 0.231. The number of benzene rings is 1. The molecule has 166 valence electrons. The molecule has 2 heterocycles. The molecule has 1 aliphatic carbocycles. The molecule has 6 heteroatoms. The number of thioether (sulfide) groups is 1. The SMILES string of the molecule is CC1CCCCN1C(=O)CSc1ncc(-c2ccc(Cl)cc2)n1CCC1=CCCCC1. The molecule has 1 amide bonds. The lowest BCUT2D eigenvalue weighted by molar-refractivity contribution is -0.131. The predicted octanol–water partition coefficient (Wildman–Crippen LogP) is 6.59. The second-order valence-corrected chi connectivity index (χ2v) is 10.0. The highest BCUT2D eigenvalue weighted by Crippen LogP contribution is 2.30. The first-order valence-corrected chi connectivity index (χ1v) is 12.9. The molecule has 1 aromatic carbocycles. The normalized spacial score (nSPS) is 19.4. The third-order valence-electron chi connectivity index (χ3n) is 6.45. The molecule has 1 fully saturated rings. The van der Waals surface area contributed by atoms with Crippen molar-refractivity contribution in [1.82, 2.24) is 14.5 Å². The van der Waals surface area contributed by atoms with Gasteiger partial charge in [-0.05, 0) is 76.0 Å². The number of likely N-dealkylation sites (tertiary alicyclic amines) is 1. The lowest BCUT2D eigenvalue weighted by Crippen LogP contribution is -2.43. The Labute approximate surface area is 195 Å². The summed E-state index contributed by atoms with van der Waals surface area (Å²) in [5.74, 6) is 0.680. The van der Waals surface area contributed by atoms with Crippen molar-refractivity contribution >= 4 is 29.3 Å². The van der Waals surface area contributed by atoms with E-state index in [0.717, 1.165) is 53.8 Å². The van der Waals surface area contributed by atoms with Gasteiger partial charge in [0.2, 0.25) is 5.91 Å². The zero-order valence-corrected chi connectivity index (χ0v) is 19.9. The summed E-state index contributed by atoms with van der Waals surface area (Å²) in [7, 11) is 0. The Kier molecular flexibility index (Phi) is 7.78. The quantitative estimate of drug-likeness (QED) is 0.347. The van der Waals surface area contributed by atoms with Gasteiger partial charge in [-0.2, -0.15) is 0 Å². The van der Waals surface area contributed by atoms with E-state index in [1.807, 2.05) is 30.5 Å². The number of carbonyl (C=O) groups excluding carboxylic acids is 1. The number of allylic oxidation sites excluding steroid dienone is 2. The van der Waals surface area contributed by atoms with Crippen LogP contribution in [0, 0.1) is 0 Å². The van der Waals surface area contributed by atoms with E-state index in [0.29, 0.717) is 11.8 Å². The van der Waals surface area contributed by atoms with Crippen molar-refractivity contribution < 1.29 is 4.79 Å². The Morgan fingerprint density at radius 3 is 2.77 bits per heavy atom. The summed E-state index contributed by atoms with van der Waals surface area (Å²) in [6.45, 7) is 3.94. The van der Waals surface area contributed by atoms with Crippen molar-refractivity contribution in [1.29, 1.82) is 0 Å². The van der Waals surface area contributed by atoms with Crippen molar-refractivity contribution in [2.24, 2.45) is 0 Å². The molecule has 0 N–H and O–H groups in total. The number of imidazole rings is 1. The van der Waals surface area contributed by atoms with Gasteiger partial charge >= 0.3 is 0 Å². The molecule has 1 aliphatic heterocycles. The second-order valence-electron chi connectivity index (χ2n) is 8.66. The lowest BCUT2D eigenvalue weighted by Gasteiger charge is -2.33. The standard InChI is InChI=1S/C25H32ClN3OS/c1-19-7-5-6-15-28(19)24(30)18-31-25-27-17-23(21-10-12-22(26)13-11-21)29(25)16-14-20-8-3-2-4-9-20/h8,10-13,17,19H,2-7,9,14-16,18H2,1H3. The highest BCUT2D eigenvalue weighted by atomic mass is 35.5. The van der Waals surface area contributed by atoms with Gasteiger partial charge in [0.1, 0.15) is 0 Å². The maximum Gasteiger partial charge on any atom is 0.233 e. The first kappa shape index (κ1) is 22.5. The smallest absolute Gasteiger partial charge is 0.233 e. The largest absolute Gasteiger partial charge is 0.339 e. The summed E-state index contributed by atoms with van der Waals surface area (Å²) in [5.41, 5.74) is 3.75. The number of amides is 1. The molecule has 0 saturated carbocycles. The molecule has 4 nitrogen and oxygen atoms in total. The third-order valence-corrected chi connectivity index (χ3v) is 7.68. The van der Waals surface area contributed by atoms with Gasteiger partial charge in [0.05, 0.1) is 17.6 Å². The molecule has 0 bridgehead atoms. The Morgan fingerprint density at radius 1 is 1.19 bits per heavy atom. The van der Waals surface area contributed by atoms with E-state index in [2.05, 4.69) is 22.5 Å². The maximum absolute atomic E-state index is 12.9. The van der Waals surface area contributed by atoms with Gasteiger partial charge in [0, 0.05) is 24.2 Å². The van der Waals surface area contributed by atoms with E-state index in [1.165, 1.54) is 32.1 Å². The number of hydrogen-bond donors (Lipinski definition) is 0. The third kappa shape index (κ3) is 5.75. The minimum atomic E-state index is 0.231. The van der Waals surface area contributed by atoms with Crippen LogP contribution in [0.1, 0.15) is 58.3 Å². The van der Waals surface area contributed by atoms with E-state index < -0.39 is 0 Å². The van der Waals surface area contributed by atoms with Gasteiger partial charge < -0.3 is 9.47 Å². The van der Waals surface area contributed by atoms with Crippen LogP contribution in [0.4, 0.5) is 0 Å². The molecule has 31 heavy (non-hydrogen) atoms. The molecule has 0 radical (unpaired) electrons. The van der Waals surface area contributed by atoms with Gasteiger partial charge in [-0.1, -0.05) is 47.1 Å². The van der Waals surface area contributed by atoms with Crippen LogP contribution in [-0.4, -0.2) is 38.7 Å². The monoisotopic (exact) mass is 457 g/mol. The summed E-state index contributed by atoms with van der Waals surface area (Å²) in [6.07, 6.45) is 13.9. The lowest BCUT2D eigenvalue weighted by atomic mass is 9.97. The van der Waals surface area contributed by atoms with Crippen LogP contribution in [0.25, 0.3) is 11.3 Å². The fourth-order valence-corrected chi connectivity index (χ4v) is 5.62. The summed E-state index contributed by atoms with van der Waals surface area (Å²) in [6, 6.07) is 8.29. The molecule has 1 saturated heterocycles. The van der Waals surface area contributed by atoms with Crippen LogP contribution in [0.5, 0.6) is 0 Å². The number of hydrogen-bond acceptors (Lipinski definition) is 3. The van der Waals surface area contributed by atoms with Crippen molar-refractivity contribution in [3.8, 4) is 11.3 Å². The van der Waals surface area contributed by atoms with Crippen molar-refractivity contribution in [3.63, 3.8) is 0 Å². The minimum Gasteiger partial charge on any atom is -0.339 e. The Morgan fingerprint density at radius 2 is 2.03 bits per heavy atom. The first-order chi connectivity index (χ1) is 15.1. The zero-order chi connectivity index (χ0) is 21.6. The summed E-state index contributed by atoms with van der Waals surface area (Å²) in [4.78, 5) is 19.6. The second kappa shape index (κ2) is 10.7. The topological polar surface area (TPSA) is 38.1 Å². The van der Waals surface area contributed by atoms with Gasteiger partial charge in [0.25, 0.3) is 0 Å². The van der Waals surface area contributed by atoms with Crippen LogP contribution in [0.2, 0.25) is 5.02 Å². The first-order valence-electron chi connectivity index (χ1n) is 11.5. The highest BCUT2D eigenvalue weighted by Gasteiger charge is 2.24. The molecule has 0 spiro atoms. The van der Waals surface area contributed by atoms with E-state index >= 15 is 0 Å². The molecule has 1 atom stereocenters. The average Bonchev–Trinajstić information content (AvgIpc) is 3.20. The summed E-state index contributed by atoms with van der Waals surface area (Å²) >= 11 is 7.67. The Balaban J connectivity index is 1.50. The van der Waals surface area contributed by atoms with E-state index in [9.17, 15) is 4.79 Å². The van der Waals surface area contributed by atoms with Gasteiger partial charge in [-0.15, -0.1) is 0 Å². The fourth-order valence-electron chi connectivity index (χ4n) is 4.61. The van der Waals surface area contributed by atoms with E-state index in [-0.39, 0.29) is 5.91 Å². The maximum atomic E-state index is 12.9. The van der Waals surface area contributed by atoms with Crippen molar-refractivity contribution in [2.45, 2.75) is 76.0 Å². The number of halogens is 1. The van der Waals surface area contributed by atoms with Crippen molar-refractivity contribution in [3.05, 3.63) is 47.1 Å². The number of aromatic nitrogens is 2.